The fourth-order valence-electron chi connectivity index (χ4n) is 0.481. The maximum absolute atomic E-state index is 2.31. The van der Waals surface area contributed by atoms with E-state index >= 15 is 0 Å². The van der Waals surface area contributed by atoms with Gasteiger partial charge in [-0.3, -0.25) is 0 Å². The van der Waals surface area contributed by atoms with Crippen LogP contribution in [0.3, 0.4) is 0 Å². The lowest BCUT2D eigenvalue weighted by Gasteiger charge is -2.29. The first-order chi connectivity index (χ1) is 2.80. The summed E-state index contributed by atoms with van der Waals surface area (Å²) < 4.78 is 0. The molecule has 1 aliphatic heterocycles. The molecule has 1 heteroatoms. The largest absolute Gasteiger partial charge is 0.158 e. The molecule has 0 saturated carbocycles. The van der Waals surface area contributed by atoms with Crippen molar-refractivity contribution >= 4 is 11.8 Å². The Morgan fingerprint density at radius 3 is 2.00 bits per heavy atom. The molecule has 1 unspecified atom stereocenters. The minimum Gasteiger partial charge on any atom is -0.158 e. The molecule has 0 bridgehead atoms. The van der Waals surface area contributed by atoms with Gasteiger partial charge in [0.25, 0.3) is 0 Å². The average molecular weight is 102 g/mol. The monoisotopic (exact) mass is 102 g/mol. The molecule has 0 aromatic heterocycles. The van der Waals surface area contributed by atoms with Gasteiger partial charge in [0, 0.05) is 5.25 Å². The zero-order valence-corrected chi connectivity index (χ0v) is 5.09. The Hall–Kier alpha value is 0.350. The predicted octanol–water partition coefficient (Wildman–Crippen LogP) is 1.76. The van der Waals surface area contributed by atoms with Crippen LogP contribution in [-0.4, -0.2) is 11.0 Å². The van der Waals surface area contributed by atoms with Gasteiger partial charge < -0.3 is 0 Å². The third-order valence-electron chi connectivity index (χ3n) is 1.42. The average Bonchev–Trinajstić information content (AvgIpc) is 1.61. The Morgan fingerprint density at radius 1 is 1.50 bits per heavy atom. The Balaban J connectivity index is 2.20. The van der Waals surface area contributed by atoms with Crippen molar-refractivity contribution in [3.8, 4) is 0 Å². The van der Waals surface area contributed by atoms with Gasteiger partial charge in [0.2, 0.25) is 0 Å². The van der Waals surface area contributed by atoms with Crippen LogP contribution in [0.4, 0.5) is 0 Å². The second kappa shape index (κ2) is 1.45. The van der Waals surface area contributed by atoms with Crippen LogP contribution >= 0.6 is 11.8 Å². The van der Waals surface area contributed by atoms with Gasteiger partial charge >= 0.3 is 0 Å². The lowest BCUT2D eigenvalue weighted by atomic mass is 10.1. The molecule has 0 aliphatic carbocycles. The molecule has 2 atom stereocenters. The first-order valence-electron chi connectivity index (χ1n) is 2.42. The third kappa shape index (κ3) is 0.558. The Kier molecular flexibility index (Phi) is 1.09. The molecule has 0 spiro atoms. The number of hydrogen-bond acceptors (Lipinski definition) is 1. The highest BCUT2D eigenvalue weighted by molar-refractivity contribution is 8.01. The van der Waals surface area contributed by atoms with E-state index in [-0.39, 0.29) is 0 Å². The lowest BCUT2D eigenvalue weighted by Crippen LogP contribution is -2.23. The molecule has 1 fully saturated rings. The summed E-state index contributed by atoms with van der Waals surface area (Å²) in [6.45, 7) is 4.60. The Labute approximate surface area is 43.3 Å². The highest BCUT2D eigenvalue weighted by Gasteiger charge is 2.21. The smallest absolute Gasteiger partial charge is 0.00523 e. The molecule has 0 radical (unpaired) electrons. The summed E-state index contributed by atoms with van der Waals surface area (Å²) in [6.07, 6.45) is 0. The molecule has 0 nitrogen and oxygen atoms in total. The van der Waals surface area contributed by atoms with E-state index in [4.69, 9.17) is 0 Å². The molecule has 1 heterocycles. The highest BCUT2D eigenvalue weighted by atomic mass is 32.2. The highest BCUT2D eigenvalue weighted by Crippen LogP contribution is 2.32. The zero-order valence-electron chi connectivity index (χ0n) is 4.27. The van der Waals surface area contributed by atoms with E-state index < -0.39 is 0 Å². The minimum absolute atomic E-state index is 0.949. The van der Waals surface area contributed by atoms with E-state index in [1.54, 1.807) is 0 Å². The summed E-state index contributed by atoms with van der Waals surface area (Å²) >= 11 is 2.07. The zero-order chi connectivity index (χ0) is 4.57. The Bertz CT molecular complexity index is 43.9. The standard InChI is InChI=1S/C5H10S/c1-4-3-6-5(4)2/h4-5H,3H2,1-2H3/t4?,5-/m0/s1. The summed E-state index contributed by atoms with van der Waals surface area (Å²) in [7, 11) is 0. The van der Waals surface area contributed by atoms with Crippen molar-refractivity contribution in [3.05, 3.63) is 0 Å². The molecule has 0 amide bonds. The number of hydrogen-bond donors (Lipinski definition) is 0. The first kappa shape index (κ1) is 4.51. The van der Waals surface area contributed by atoms with Crippen molar-refractivity contribution in [3.63, 3.8) is 0 Å². The van der Waals surface area contributed by atoms with E-state index in [0.717, 1.165) is 11.2 Å². The topological polar surface area (TPSA) is 0 Å². The van der Waals surface area contributed by atoms with Crippen LogP contribution in [0.25, 0.3) is 0 Å². The van der Waals surface area contributed by atoms with Gasteiger partial charge in [-0.05, 0) is 11.7 Å². The molecule has 1 aliphatic rings. The number of thioether (sulfide) groups is 1. The summed E-state index contributed by atoms with van der Waals surface area (Å²) in [5.74, 6) is 2.39. The van der Waals surface area contributed by atoms with Gasteiger partial charge in [0.15, 0.2) is 0 Å². The van der Waals surface area contributed by atoms with E-state index in [0.29, 0.717) is 0 Å². The van der Waals surface area contributed by atoms with Crippen molar-refractivity contribution in [1.82, 2.24) is 0 Å². The fourth-order valence-corrected chi connectivity index (χ4v) is 1.44. The SMILES string of the molecule is CC1CS[C@H]1C. The molecule has 0 aromatic rings. The van der Waals surface area contributed by atoms with Gasteiger partial charge in [-0.15, -0.1) is 0 Å². The second-order valence-corrected chi connectivity index (χ2v) is 3.43. The van der Waals surface area contributed by atoms with Crippen molar-refractivity contribution < 1.29 is 0 Å². The molecule has 1 saturated heterocycles. The molecule has 36 valence electrons. The van der Waals surface area contributed by atoms with E-state index in [1.165, 1.54) is 5.75 Å². The molecule has 6 heavy (non-hydrogen) atoms. The van der Waals surface area contributed by atoms with Crippen LogP contribution in [0.5, 0.6) is 0 Å². The maximum Gasteiger partial charge on any atom is 0.00523 e. The van der Waals surface area contributed by atoms with Gasteiger partial charge in [-0.2, -0.15) is 11.8 Å². The number of rotatable bonds is 0. The quantitative estimate of drug-likeness (QED) is 0.449. The van der Waals surface area contributed by atoms with E-state index in [1.807, 2.05) is 0 Å². The van der Waals surface area contributed by atoms with Crippen molar-refractivity contribution in [2.75, 3.05) is 5.75 Å². The predicted molar refractivity (Wildman–Crippen MR) is 31.1 cm³/mol. The molecule has 1 rings (SSSR count). The Morgan fingerprint density at radius 2 is 2.00 bits per heavy atom. The fraction of sp³-hybridized carbons (Fsp3) is 1.00. The maximum atomic E-state index is 2.31. The summed E-state index contributed by atoms with van der Waals surface area (Å²) in [5, 5.41) is 0.949. The normalized spacial score (nSPS) is 45.0. The van der Waals surface area contributed by atoms with Crippen LogP contribution in [0, 0.1) is 5.92 Å². The first-order valence-corrected chi connectivity index (χ1v) is 3.47. The summed E-state index contributed by atoms with van der Waals surface area (Å²) in [6, 6.07) is 0. The van der Waals surface area contributed by atoms with Crippen LogP contribution in [0.1, 0.15) is 13.8 Å². The van der Waals surface area contributed by atoms with Crippen LogP contribution in [0.2, 0.25) is 0 Å². The molecule has 0 N–H and O–H groups in total. The van der Waals surface area contributed by atoms with E-state index in [2.05, 4.69) is 25.6 Å². The van der Waals surface area contributed by atoms with Crippen molar-refractivity contribution in [1.29, 1.82) is 0 Å². The van der Waals surface area contributed by atoms with Crippen molar-refractivity contribution in [2.24, 2.45) is 5.92 Å². The van der Waals surface area contributed by atoms with Crippen molar-refractivity contribution in [2.45, 2.75) is 19.1 Å². The van der Waals surface area contributed by atoms with Gasteiger partial charge in [0.1, 0.15) is 0 Å². The lowest BCUT2D eigenvalue weighted by molar-refractivity contribution is 0.610. The summed E-state index contributed by atoms with van der Waals surface area (Å²) in [5.41, 5.74) is 0. The summed E-state index contributed by atoms with van der Waals surface area (Å²) in [4.78, 5) is 0. The van der Waals surface area contributed by atoms with Gasteiger partial charge in [0.05, 0.1) is 0 Å². The van der Waals surface area contributed by atoms with Crippen LogP contribution in [-0.2, 0) is 0 Å². The molecular weight excluding hydrogens is 92.1 g/mol. The van der Waals surface area contributed by atoms with Gasteiger partial charge in [-0.1, -0.05) is 13.8 Å². The van der Waals surface area contributed by atoms with Crippen LogP contribution < -0.4 is 0 Å². The molecular formula is C5H10S. The third-order valence-corrected chi connectivity index (χ3v) is 3.13. The van der Waals surface area contributed by atoms with E-state index in [9.17, 15) is 0 Å². The minimum atomic E-state index is 0.949. The van der Waals surface area contributed by atoms with Crippen LogP contribution in [0.15, 0.2) is 0 Å². The molecule has 0 aromatic carbocycles. The van der Waals surface area contributed by atoms with Gasteiger partial charge in [-0.25, -0.2) is 0 Å². The second-order valence-electron chi connectivity index (χ2n) is 2.02.